The number of hydrogen-bond acceptors (Lipinski definition) is 5. The van der Waals surface area contributed by atoms with Crippen LogP contribution >= 0.6 is 0 Å². The maximum Gasteiger partial charge on any atom is 0.240 e. The third kappa shape index (κ3) is 2.38. The Morgan fingerprint density at radius 3 is 3.07 bits per heavy atom. The molecule has 0 amide bonds. The van der Waals surface area contributed by atoms with Gasteiger partial charge in [0.2, 0.25) is 11.7 Å². The molecule has 0 aliphatic heterocycles. The van der Waals surface area contributed by atoms with E-state index in [0.717, 1.165) is 12.2 Å². The van der Waals surface area contributed by atoms with Crippen LogP contribution in [0.25, 0.3) is 11.5 Å². The zero-order valence-electron chi connectivity index (χ0n) is 8.47. The van der Waals surface area contributed by atoms with E-state index in [0.29, 0.717) is 18.3 Å². The van der Waals surface area contributed by atoms with Gasteiger partial charge in [0.15, 0.2) is 0 Å². The summed E-state index contributed by atoms with van der Waals surface area (Å²) in [5.41, 5.74) is 0.726. The first-order valence-electron chi connectivity index (χ1n) is 4.85. The Morgan fingerprint density at radius 2 is 2.33 bits per heavy atom. The first-order valence-corrected chi connectivity index (χ1v) is 4.85. The minimum atomic E-state index is 0.531. The van der Waals surface area contributed by atoms with Crippen LogP contribution in [-0.4, -0.2) is 21.7 Å². The van der Waals surface area contributed by atoms with Crippen LogP contribution < -0.4 is 5.32 Å². The molecule has 0 aromatic carbocycles. The smallest absolute Gasteiger partial charge is 0.240 e. The lowest BCUT2D eigenvalue weighted by Crippen LogP contribution is -2.11. The van der Waals surface area contributed by atoms with Crippen LogP contribution in [0.15, 0.2) is 28.9 Å². The summed E-state index contributed by atoms with van der Waals surface area (Å²) in [7, 11) is 0. The standard InChI is InChI=1S/C10H12N4O/c1-2-11-7-9-13-10(14-15-9)8-5-3-4-6-12-8/h3-6,11H,2,7H2,1H3. The predicted molar refractivity (Wildman–Crippen MR) is 54.9 cm³/mol. The molecule has 0 bridgehead atoms. The average Bonchev–Trinajstić information content (AvgIpc) is 2.76. The van der Waals surface area contributed by atoms with Crippen molar-refractivity contribution in [3.63, 3.8) is 0 Å². The van der Waals surface area contributed by atoms with E-state index < -0.39 is 0 Å². The zero-order chi connectivity index (χ0) is 10.5. The van der Waals surface area contributed by atoms with Gasteiger partial charge >= 0.3 is 0 Å². The van der Waals surface area contributed by atoms with E-state index in [9.17, 15) is 0 Å². The fraction of sp³-hybridized carbons (Fsp3) is 0.300. The molecule has 0 saturated carbocycles. The molecule has 0 fully saturated rings. The van der Waals surface area contributed by atoms with Gasteiger partial charge in [-0.05, 0) is 18.7 Å². The summed E-state index contributed by atoms with van der Waals surface area (Å²) in [6.45, 7) is 3.49. The van der Waals surface area contributed by atoms with Gasteiger partial charge in [-0.15, -0.1) is 0 Å². The lowest BCUT2D eigenvalue weighted by molar-refractivity contribution is 0.369. The Balaban J connectivity index is 2.14. The van der Waals surface area contributed by atoms with E-state index in [1.807, 2.05) is 25.1 Å². The van der Waals surface area contributed by atoms with E-state index in [-0.39, 0.29) is 0 Å². The monoisotopic (exact) mass is 204 g/mol. The lowest BCUT2D eigenvalue weighted by Gasteiger charge is -1.92. The molecule has 0 unspecified atom stereocenters. The molecular weight excluding hydrogens is 192 g/mol. The molecular formula is C10H12N4O. The fourth-order valence-corrected chi connectivity index (χ4v) is 1.16. The zero-order valence-corrected chi connectivity index (χ0v) is 8.47. The maximum absolute atomic E-state index is 5.06. The number of nitrogens with one attached hydrogen (secondary N) is 1. The Morgan fingerprint density at radius 1 is 1.40 bits per heavy atom. The van der Waals surface area contributed by atoms with Gasteiger partial charge in [0, 0.05) is 6.20 Å². The Hall–Kier alpha value is -1.75. The van der Waals surface area contributed by atoms with Crippen molar-refractivity contribution in [3.05, 3.63) is 30.3 Å². The van der Waals surface area contributed by atoms with Crippen molar-refractivity contribution < 1.29 is 4.52 Å². The van der Waals surface area contributed by atoms with Gasteiger partial charge in [0.05, 0.1) is 6.54 Å². The molecule has 5 nitrogen and oxygen atoms in total. The number of nitrogens with zero attached hydrogens (tertiary/aromatic N) is 3. The quantitative estimate of drug-likeness (QED) is 0.811. The Bertz CT molecular complexity index is 412. The van der Waals surface area contributed by atoms with Gasteiger partial charge in [0.25, 0.3) is 0 Å². The molecule has 0 radical (unpaired) electrons. The van der Waals surface area contributed by atoms with Crippen LogP contribution in [0.1, 0.15) is 12.8 Å². The predicted octanol–water partition coefficient (Wildman–Crippen LogP) is 1.24. The van der Waals surface area contributed by atoms with Crippen LogP contribution in [-0.2, 0) is 6.54 Å². The summed E-state index contributed by atoms with van der Waals surface area (Å²) >= 11 is 0. The summed E-state index contributed by atoms with van der Waals surface area (Å²) in [6.07, 6.45) is 1.70. The molecule has 0 aliphatic carbocycles. The molecule has 0 atom stereocenters. The van der Waals surface area contributed by atoms with Crippen LogP contribution in [0.4, 0.5) is 0 Å². The number of pyridine rings is 1. The second kappa shape index (κ2) is 4.65. The highest BCUT2D eigenvalue weighted by molar-refractivity contribution is 5.46. The maximum atomic E-state index is 5.06. The van der Waals surface area contributed by atoms with Crippen molar-refractivity contribution >= 4 is 0 Å². The van der Waals surface area contributed by atoms with Crippen molar-refractivity contribution in [2.24, 2.45) is 0 Å². The summed E-state index contributed by atoms with van der Waals surface area (Å²) in [5, 5.41) is 6.96. The van der Waals surface area contributed by atoms with Crippen molar-refractivity contribution in [1.29, 1.82) is 0 Å². The van der Waals surface area contributed by atoms with Crippen LogP contribution in [0, 0.1) is 0 Å². The minimum Gasteiger partial charge on any atom is -0.337 e. The van der Waals surface area contributed by atoms with Crippen molar-refractivity contribution in [3.8, 4) is 11.5 Å². The highest BCUT2D eigenvalue weighted by atomic mass is 16.5. The fourth-order valence-electron chi connectivity index (χ4n) is 1.16. The molecule has 15 heavy (non-hydrogen) atoms. The first-order chi connectivity index (χ1) is 7.40. The average molecular weight is 204 g/mol. The van der Waals surface area contributed by atoms with Crippen molar-refractivity contribution in [1.82, 2.24) is 20.4 Å². The van der Waals surface area contributed by atoms with E-state index in [2.05, 4.69) is 20.4 Å². The third-order valence-corrected chi connectivity index (χ3v) is 1.89. The molecule has 2 aromatic heterocycles. The molecule has 0 spiro atoms. The van der Waals surface area contributed by atoms with Crippen molar-refractivity contribution in [2.75, 3.05) is 6.54 Å². The molecule has 2 aromatic rings. The lowest BCUT2D eigenvalue weighted by atomic mass is 10.3. The largest absolute Gasteiger partial charge is 0.337 e. The normalized spacial score (nSPS) is 10.5. The van der Waals surface area contributed by atoms with Gasteiger partial charge in [-0.3, -0.25) is 4.98 Å². The molecule has 2 rings (SSSR count). The van der Waals surface area contributed by atoms with E-state index in [4.69, 9.17) is 4.52 Å². The van der Waals surface area contributed by atoms with Crippen molar-refractivity contribution in [2.45, 2.75) is 13.5 Å². The van der Waals surface area contributed by atoms with E-state index in [1.54, 1.807) is 6.20 Å². The Kier molecular flexibility index (Phi) is 3.04. The van der Waals surface area contributed by atoms with Gasteiger partial charge in [-0.1, -0.05) is 18.1 Å². The Labute approximate surface area is 87.5 Å². The van der Waals surface area contributed by atoms with Gasteiger partial charge < -0.3 is 9.84 Å². The third-order valence-electron chi connectivity index (χ3n) is 1.89. The molecule has 0 aliphatic rings. The second-order valence-electron chi connectivity index (χ2n) is 3.01. The number of aromatic nitrogens is 3. The van der Waals surface area contributed by atoms with E-state index >= 15 is 0 Å². The summed E-state index contributed by atoms with van der Waals surface area (Å²) < 4.78 is 5.06. The van der Waals surface area contributed by atoms with Crippen LogP contribution in [0.2, 0.25) is 0 Å². The molecule has 5 heteroatoms. The number of rotatable bonds is 4. The SMILES string of the molecule is CCNCc1nc(-c2ccccn2)no1. The minimum absolute atomic E-state index is 0.531. The number of hydrogen-bond donors (Lipinski definition) is 1. The van der Waals surface area contributed by atoms with Crippen LogP contribution in [0.5, 0.6) is 0 Å². The van der Waals surface area contributed by atoms with Crippen LogP contribution in [0.3, 0.4) is 0 Å². The topological polar surface area (TPSA) is 63.8 Å². The summed E-state index contributed by atoms with van der Waals surface area (Å²) in [4.78, 5) is 8.35. The highest BCUT2D eigenvalue weighted by Gasteiger charge is 2.07. The summed E-state index contributed by atoms with van der Waals surface area (Å²) in [5.74, 6) is 1.11. The molecule has 2 heterocycles. The van der Waals surface area contributed by atoms with Gasteiger partial charge in [0.1, 0.15) is 5.69 Å². The summed E-state index contributed by atoms with van der Waals surface area (Å²) in [6, 6.07) is 5.59. The van der Waals surface area contributed by atoms with Gasteiger partial charge in [-0.2, -0.15) is 4.98 Å². The first kappa shape index (κ1) is 9.79. The van der Waals surface area contributed by atoms with Gasteiger partial charge in [-0.25, -0.2) is 0 Å². The second-order valence-corrected chi connectivity index (χ2v) is 3.01. The molecule has 0 saturated heterocycles. The van der Waals surface area contributed by atoms with E-state index in [1.165, 1.54) is 0 Å². The molecule has 1 N–H and O–H groups in total. The highest BCUT2D eigenvalue weighted by Crippen LogP contribution is 2.11. The molecule has 78 valence electrons.